The van der Waals surface area contributed by atoms with Crippen LogP contribution in [0, 0.1) is 0 Å². The van der Waals surface area contributed by atoms with Gasteiger partial charge in [-0.3, -0.25) is 4.79 Å². The van der Waals surface area contributed by atoms with E-state index < -0.39 is 11.7 Å². The van der Waals surface area contributed by atoms with Crippen LogP contribution in [0.2, 0.25) is 0 Å². The fourth-order valence-electron chi connectivity index (χ4n) is 1.27. The van der Waals surface area contributed by atoms with E-state index in [-0.39, 0.29) is 5.91 Å². The third-order valence-electron chi connectivity index (χ3n) is 2.13. The van der Waals surface area contributed by atoms with Gasteiger partial charge in [0.2, 0.25) is 5.91 Å². The van der Waals surface area contributed by atoms with Crippen LogP contribution in [0.3, 0.4) is 0 Å². The normalized spacial score (nSPS) is 11.0. The zero-order valence-electron chi connectivity index (χ0n) is 12.9. The van der Waals surface area contributed by atoms with Crippen LogP contribution in [-0.4, -0.2) is 57.5 Å². The number of hydrogen-bond donors (Lipinski definition) is 3. The first kappa shape index (κ1) is 18.7. The van der Waals surface area contributed by atoms with Crippen LogP contribution in [0.15, 0.2) is 0 Å². The SMILES string of the molecule is COCCNC(=O)CCNCCNC(=O)OC(C)(C)C. The molecule has 0 rings (SSSR count). The van der Waals surface area contributed by atoms with Gasteiger partial charge in [-0.25, -0.2) is 4.79 Å². The van der Waals surface area contributed by atoms with Crippen molar-refractivity contribution in [3.8, 4) is 0 Å². The van der Waals surface area contributed by atoms with Crippen LogP contribution in [0.25, 0.3) is 0 Å². The summed E-state index contributed by atoms with van der Waals surface area (Å²) in [6.45, 7) is 8.08. The molecule has 3 N–H and O–H groups in total. The standard InChI is InChI=1S/C13H27N3O4/c1-13(2,3)20-12(18)16-8-7-14-6-5-11(17)15-9-10-19-4/h14H,5-10H2,1-4H3,(H,15,17)(H,16,18). The summed E-state index contributed by atoms with van der Waals surface area (Å²) in [5.74, 6) is -0.0188. The largest absolute Gasteiger partial charge is 0.444 e. The average Bonchev–Trinajstić information content (AvgIpc) is 2.31. The molecule has 0 heterocycles. The zero-order chi connectivity index (χ0) is 15.4. The minimum Gasteiger partial charge on any atom is -0.444 e. The van der Waals surface area contributed by atoms with Crippen LogP contribution in [-0.2, 0) is 14.3 Å². The van der Waals surface area contributed by atoms with Crippen molar-refractivity contribution in [1.29, 1.82) is 0 Å². The van der Waals surface area contributed by atoms with E-state index in [4.69, 9.17) is 9.47 Å². The Labute approximate surface area is 120 Å². The topological polar surface area (TPSA) is 88.7 Å². The fourth-order valence-corrected chi connectivity index (χ4v) is 1.27. The average molecular weight is 289 g/mol. The van der Waals surface area contributed by atoms with E-state index >= 15 is 0 Å². The van der Waals surface area contributed by atoms with Gasteiger partial charge in [0.1, 0.15) is 5.60 Å². The molecule has 0 aliphatic carbocycles. The first-order chi connectivity index (χ1) is 9.35. The van der Waals surface area contributed by atoms with Gasteiger partial charge in [-0.05, 0) is 20.8 Å². The van der Waals surface area contributed by atoms with Gasteiger partial charge in [-0.1, -0.05) is 0 Å². The number of carbonyl (C=O) groups is 2. The molecule has 2 amide bonds. The monoisotopic (exact) mass is 289 g/mol. The minimum atomic E-state index is -0.488. The number of amides is 2. The summed E-state index contributed by atoms with van der Waals surface area (Å²) in [6.07, 6.45) is -0.0347. The molecular weight excluding hydrogens is 262 g/mol. The lowest BCUT2D eigenvalue weighted by atomic mass is 10.2. The number of rotatable bonds is 9. The molecule has 0 aromatic carbocycles. The van der Waals surface area contributed by atoms with Crippen molar-refractivity contribution < 1.29 is 19.1 Å². The lowest BCUT2D eigenvalue weighted by molar-refractivity contribution is -0.121. The molecule has 0 unspecified atom stereocenters. The second-order valence-electron chi connectivity index (χ2n) is 5.27. The van der Waals surface area contributed by atoms with Crippen molar-refractivity contribution >= 4 is 12.0 Å². The third kappa shape index (κ3) is 13.1. The van der Waals surface area contributed by atoms with Crippen LogP contribution >= 0.6 is 0 Å². The number of methoxy groups -OCH3 is 1. The molecule has 118 valence electrons. The zero-order valence-corrected chi connectivity index (χ0v) is 12.9. The first-order valence-corrected chi connectivity index (χ1v) is 6.78. The van der Waals surface area contributed by atoms with E-state index in [1.165, 1.54) is 0 Å². The van der Waals surface area contributed by atoms with Gasteiger partial charge in [0.25, 0.3) is 0 Å². The van der Waals surface area contributed by atoms with Gasteiger partial charge < -0.3 is 25.4 Å². The number of carbonyl (C=O) groups excluding carboxylic acids is 2. The molecule has 0 fully saturated rings. The molecule has 0 saturated carbocycles. The van der Waals surface area contributed by atoms with Gasteiger partial charge in [-0.2, -0.15) is 0 Å². The van der Waals surface area contributed by atoms with E-state index in [1.54, 1.807) is 7.11 Å². The highest BCUT2D eigenvalue weighted by molar-refractivity contribution is 5.76. The number of ether oxygens (including phenoxy) is 2. The highest BCUT2D eigenvalue weighted by Gasteiger charge is 2.15. The molecule has 20 heavy (non-hydrogen) atoms. The van der Waals surface area contributed by atoms with Crippen LogP contribution in [0.4, 0.5) is 4.79 Å². The Bertz CT molecular complexity index is 290. The maximum absolute atomic E-state index is 11.3. The van der Waals surface area contributed by atoms with Crippen molar-refractivity contribution in [2.75, 3.05) is 39.9 Å². The first-order valence-electron chi connectivity index (χ1n) is 6.78. The summed E-state index contributed by atoms with van der Waals surface area (Å²) in [4.78, 5) is 22.6. The summed E-state index contributed by atoms with van der Waals surface area (Å²) in [6, 6.07) is 0. The van der Waals surface area contributed by atoms with Gasteiger partial charge in [0.05, 0.1) is 6.61 Å². The summed E-state index contributed by atoms with van der Waals surface area (Å²) < 4.78 is 9.91. The van der Waals surface area contributed by atoms with Crippen molar-refractivity contribution in [1.82, 2.24) is 16.0 Å². The van der Waals surface area contributed by atoms with E-state index in [2.05, 4.69) is 16.0 Å². The van der Waals surface area contributed by atoms with Crippen molar-refractivity contribution in [2.24, 2.45) is 0 Å². The van der Waals surface area contributed by atoms with Crippen molar-refractivity contribution in [2.45, 2.75) is 32.8 Å². The summed E-state index contributed by atoms with van der Waals surface area (Å²) in [5.41, 5.74) is -0.488. The molecule has 0 saturated heterocycles. The third-order valence-corrected chi connectivity index (χ3v) is 2.13. The Morgan fingerprint density at radius 2 is 1.70 bits per heavy atom. The Morgan fingerprint density at radius 3 is 2.30 bits per heavy atom. The number of alkyl carbamates (subject to hydrolysis) is 1. The maximum Gasteiger partial charge on any atom is 0.407 e. The van der Waals surface area contributed by atoms with E-state index in [0.29, 0.717) is 39.2 Å². The van der Waals surface area contributed by atoms with Gasteiger partial charge in [0, 0.05) is 39.7 Å². The lowest BCUT2D eigenvalue weighted by Crippen LogP contribution is -2.37. The Morgan fingerprint density at radius 1 is 1.00 bits per heavy atom. The molecule has 7 heteroatoms. The number of nitrogens with one attached hydrogen (secondary N) is 3. The quantitative estimate of drug-likeness (QED) is 0.530. The summed E-state index contributed by atoms with van der Waals surface area (Å²) >= 11 is 0. The Hall–Kier alpha value is -1.34. The second kappa shape index (κ2) is 10.4. The molecule has 7 nitrogen and oxygen atoms in total. The highest BCUT2D eigenvalue weighted by Crippen LogP contribution is 2.05. The molecule has 0 aromatic heterocycles. The summed E-state index contributed by atoms with van der Waals surface area (Å²) in [5, 5.41) is 8.42. The number of hydrogen-bond acceptors (Lipinski definition) is 5. The van der Waals surface area contributed by atoms with Crippen LogP contribution in [0.5, 0.6) is 0 Å². The lowest BCUT2D eigenvalue weighted by Gasteiger charge is -2.19. The molecule has 0 aliphatic heterocycles. The van der Waals surface area contributed by atoms with Crippen LogP contribution < -0.4 is 16.0 Å². The van der Waals surface area contributed by atoms with E-state index in [9.17, 15) is 9.59 Å². The molecule has 0 atom stereocenters. The van der Waals surface area contributed by atoms with Gasteiger partial charge in [0.15, 0.2) is 0 Å². The molecule has 0 spiro atoms. The van der Waals surface area contributed by atoms with Crippen molar-refractivity contribution in [3.05, 3.63) is 0 Å². The summed E-state index contributed by atoms with van der Waals surface area (Å²) in [7, 11) is 1.59. The molecule has 0 bridgehead atoms. The van der Waals surface area contributed by atoms with Gasteiger partial charge in [-0.15, -0.1) is 0 Å². The Balaban J connectivity index is 3.40. The fraction of sp³-hybridized carbons (Fsp3) is 0.846. The van der Waals surface area contributed by atoms with E-state index in [0.717, 1.165) is 0 Å². The predicted octanol–water partition coefficient (Wildman–Crippen LogP) is 0.253. The van der Waals surface area contributed by atoms with Crippen molar-refractivity contribution in [3.63, 3.8) is 0 Å². The predicted molar refractivity (Wildman–Crippen MR) is 76.6 cm³/mol. The molecule has 0 aliphatic rings. The maximum atomic E-state index is 11.3. The smallest absolute Gasteiger partial charge is 0.407 e. The molecular formula is C13H27N3O4. The van der Waals surface area contributed by atoms with Crippen LogP contribution in [0.1, 0.15) is 27.2 Å². The molecule has 0 aromatic rings. The second-order valence-corrected chi connectivity index (χ2v) is 5.27. The van der Waals surface area contributed by atoms with E-state index in [1.807, 2.05) is 20.8 Å². The minimum absolute atomic E-state index is 0.0188. The van der Waals surface area contributed by atoms with Gasteiger partial charge >= 0.3 is 6.09 Å². The Kier molecular flexibility index (Phi) is 9.75. The molecule has 0 radical (unpaired) electrons. The highest BCUT2D eigenvalue weighted by atomic mass is 16.6.